The topological polar surface area (TPSA) is 122 Å². The summed E-state index contributed by atoms with van der Waals surface area (Å²) in [6.07, 6.45) is 0.294. The predicted molar refractivity (Wildman–Crippen MR) is 68.8 cm³/mol. The van der Waals surface area contributed by atoms with Gasteiger partial charge in [-0.15, -0.1) is 0 Å². The smallest absolute Gasteiger partial charge is 0.326 e. The number of aliphatic carboxylic acids is 1. The van der Waals surface area contributed by atoms with E-state index in [9.17, 15) is 14.4 Å². The molecule has 5 N–H and O–H groups in total. The normalized spacial score (nSPS) is 11.4. The summed E-state index contributed by atoms with van der Waals surface area (Å²) in [5, 5.41) is 13.6. The lowest BCUT2D eigenvalue weighted by molar-refractivity contribution is -0.139. The number of carbonyl (C=O) groups is 3. The molecule has 3 amide bonds. The van der Waals surface area contributed by atoms with Gasteiger partial charge in [0.15, 0.2) is 0 Å². The highest BCUT2D eigenvalue weighted by molar-refractivity contribution is 5.97. The second kappa shape index (κ2) is 6.39. The number of hydrogen-bond donors (Lipinski definition) is 4. The van der Waals surface area contributed by atoms with Gasteiger partial charge in [0.1, 0.15) is 6.04 Å². The second-order valence-electron chi connectivity index (χ2n) is 3.84. The summed E-state index contributed by atoms with van der Waals surface area (Å²) in [5.41, 5.74) is 5.70. The number of carboxylic acid groups (broad SMARTS) is 1. The largest absolute Gasteiger partial charge is 0.480 e. The number of rotatable bonds is 5. The van der Waals surface area contributed by atoms with E-state index < -0.39 is 23.9 Å². The van der Waals surface area contributed by atoms with Crippen LogP contribution in [0.25, 0.3) is 0 Å². The lowest BCUT2D eigenvalue weighted by Gasteiger charge is -2.12. The van der Waals surface area contributed by atoms with Crippen molar-refractivity contribution in [3.8, 4) is 0 Å². The van der Waals surface area contributed by atoms with Crippen molar-refractivity contribution in [3.05, 3.63) is 29.8 Å². The van der Waals surface area contributed by atoms with Crippen LogP contribution >= 0.6 is 0 Å². The van der Waals surface area contributed by atoms with Gasteiger partial charge < -0.3 is 21.5 Å². The Morgan fingerprint density at radius 2 is 1.84 bits per heavy atom. The Morgan fingerprint density at radius 1 is 1.26 bits per heavy atom. The summed E-state index contributed by atoms with van der Waals surface area (Å²) in [4.78, 5) is 33.2. The number of carboxylic acids is 1. The molecule has 0 aliphatic heterocycles. The molecule has 0 saturated carbocycles. The van der Waals surface area contributed by atoms with E-state index in [1.165, 1.54) is 24.3 Å². The van der Waals surface area contributed by atoms with E-state index in [-0.39, 0.29) is 0 Å². The van der Waals surface area contributed by atoms with Crippen LogP contribution in [-0.4, -0.2) is 29.1 Å². The summed E-state index contributed by atoms with van der Waals surface area (Å²) in [6.45, 7) is 1.67. The van der Waals surface area contributed by atoms with Crippen molar-refractivity contribution < 1.29 is 19.5 Å². The Kier molecular flexibility index (Phi) is 4.87. The number of amides is 3. The Balaban J connectivity index is 2.72. The van der Waals surface area contributed by atoms with Crippen LogP contribution in [0.5, 0.6) is 0 Å². The van der Waals surface area contributed by atoms with Crippen molar-refractivity contribution in [1.82, 2.24) is 5.32 Å². The van der Waals surface area contributed by atoms with Crippen molar-refractivity contribution >= 4 is 23.6 Å². The minimum absolute atomic E-state index is 0.294. The Labute approximate surface area is 109 Å². The molecule has 1 atom stereocenters. The van der Waals surface area contributed by atoms with Gasteiger partial charge in [0.05, 0.1) is 0 Å². The van der Waals surface area contributed by atoms with Crippen molar-refractivity contribution in [1.29, 1.82) is 0 Å². The average Bonchev–Trinajstić information content (AvgIpc) is 2.35. The van der Waals surface area contributed by atoms with E-state index in [0.29, 0.717) is 17.7 Å². The molecule has 102 valence electrons. The van der Waals surface area contributed by atoms with E-state index in [1.807, 2.05) is 0 Å². The van der Waals surface area contributed by atoms with Gasteiger partial charge in [-0.3, -0.25) is 4.79 Å². The van der Waals surface area contributed by atoms with Gasteiger partial charge in [-0.25, -0.2) is 9.59 Å². The van der Waals surface area contributed by atoms with Gasteiger partial charge in [-0.2, -0.15) is 0 Å². The van der Waals surface area contributed by atoms with Crippen LogP contribution in [0, 0.1) is 0 Å². The third kappa shape index (κ3) is 4.30. The number of nitrogens with two attached hydrogens (primary N) is 1. The third-order valence-electron chi connectivity index (χ3n) is 2.43. The molecule has 7 heteroatoms. The molecule has 0 aliphatic carbocycles. The van der Waals surface area contributed by atoms with Crippen molar-refractivity contribution in [2.24, 2.45) is 5.73 Å². The maximum absolute atomic E-state index is 11.8. The van der Waals surface area contributed by atoms with Crippen LogP contribution in [0.3, 0.4) is 0 Å². The number of hydrogen-bond acceptors (Lipinski definition) is 3. The Hall–Kier alpha value is -2.57. The fourth-order valence-electron chi connectivity index (χ4n) is 1.43. The van der Waals surface area contributed by atoms with Crippen molar-refractivity contribution in [2.75, 3.05) is 5.32 Å². The molecule has 1 rings (SSSR count). The van der Waals surface area contributed by atoms with Crippen LogP contribution in [0.4, 0.5) is 10.5 Å². The van der Waals surface area contributed by atoms with Crippen LogP contribution in [-0.2, 0) is 4.79 Å². The summed E-state index contributed by atoms with van der Waals surface area (Å²) in [6, 6.07) is 4.32. The predicted octanol–water partition coefficient (Wildman–Crippen LogP) is 0.770. The second-order valence-corrected chi connectivity index (χ2v) is 3.84. The summed E-state index contributed by atoms with van der Waals surface area (Å²) in [5.74, 6) is -1.57. The molecule has 0 saturated heterocycles. The molecule has 0 aromatic heterocycles. The van der Waals surface area contributed by atoms with Gasteiger partial charge >= 0.3 is 12.0 Å². The SMILES string of the molecule is CC[C@@H](NC(=O)c1ccc(NC(N)=O)cc1)C(=O)O. The highest BCUT2D eigenvalue weighted by atomic mass is 16.4. The number of urea groups is 1. The van der Waals surface area contributed by atoms with E-state index in [2.05, 4.69) is 10.6 Å². The van der Waals surface area contributed by atoms with Crippen LogP contribution < -0.4 is 16.4 Å². The molecule has 1 aromatic rings. The van der Waals surface area contributed by atoms with E-state index >= 15 is 0 Å². The molecule has 0 spiro atoms. The highest BCUT2D eigenvalue weighted by Crippen LogP contribution is 2.09. The zero-order valence-corrected chi connectivity index (χ0v) is 10.3. The molecule has 19 heavy (non-hydrogen) atoms. The van der Waals surface area contributed by atoms with Crippen LogP contribution in [0.2, 0.25) is 0 Å². The highest BCUT2D eigenvalue weighted by Gasteiger charge is 2.18. The molecule has 1 aromatic carbocycles. The molecule has 0 heterocycles. The summed E-state index contributed by atoms with van der Waals surface area (Å²) in [7, 11) is 0. The number of carbonyl (C=O) groups excluding carboxylic acids is 2. The lowest BCUT2D eigenvalue weighted by Crippen LogP contribution is -2.40. The first-order valence-electron chi connectivity index (χ1n) is 5.64. The summed E-state index contributed by atoms with van der Waals surface area (Å²) < 4.78 is 0. The molecule has 7 nitrogen and oxygen atoms in total. The van der Waals surface area contributed by atoms with Crippen LogP contribution in [0.15, 0.2) is 24.3 Å². The minimum atomic E-state index is -1.08. The maximum Gasteiger partial charge on any atom is 0.326 e. The quantitative estimate of drug-likeness (QED) is 0.628. The molecule has 0 radical (unpaired) electrons. The standard InChI is InChI=1S/C12H15N3O4/c1-2-9(11(17)18)15-10(16)7-3-5-8(6-4-7)14-12(13)19/h3-6,9H,2H2,1H3,(H,15,16)(H,17,18)(H3,13,14,19)/t9-/m1/s1. The first-order chi connectivity index (χ1) is 8.93. The molecule has 0 aliphatic rings. The molecular weight excluding hydrogens is 250 g/mol. The van der Waals surface area contributed by atoms with Crippen molar-refractivity contribution in [3.63, 3.8) is 0 Å². The van der Waals surface area contributed by atoms with Gasteiger partial charge in [-0.05, 0) is 30.7 Å². The molecular formula is C12H15N3O4. The maximum atomic E-state index is 11.8. The third-order valence-corrected chi connectivity index (χ3v) is 2.43. The minimum Gasteiger partial charge on any atom is -0.480 e. The molecule has 0 fully saturated rings. The van der Waals surface area contributed by atoms with E-state index in [1.54, 1.807) is 6.92 Å². The summed E-state index contributed by atoms with van der Waals surface area (Å²) >= 11 is 0. The first kappa shape index (κ1) is 14.5. The Morgan fingerprint density at radius 3 is 2.26 bits per heavy atom. The Bertz CT molecular complexity index is 484. The number of benzene rings is 1. The van der Waals surface area contributed by atoms with E-state index in [4.69, 9.17) is 10.8 Å². The van der Waals surface area contributed by atoms with Gasteiger partial charge in [0, 0.05) is 11.3 Å². The van der Waals surface area contributed by atoms with Gasteiger partial charge in [-0.1, -0.05) is 6.92 Å². The number of primary amides is 1. The zero-order chi connectivity index (χ0) is 14.4. The molecule has 0 bridgehead atoms. The number of nitrogens with one attached hydrogen (secondary N) is 2. The van der Waals surface area contributed by atoms with Gasteiger partial charge in [0.2, 0.25) is 0 Å². The monoisotopic (exact) mass is 265 g/mol. The van der Waals surface area contributed by atoms with Crippen LogP contribution in [0.1, 0.15) is 23.7 Å². The molecule has 0 unspecified atom stereocenters. The fraction of sp³-hybridized carbons (Fsp3) is 0.250. The van der Waals surface area contributed by atoms with Gasteiger partial charge in [0.25, 0.3) is 5.91 Å². The fourth-order valence-corrected chi connectivity index (χ4v) is 1.43. The zero-order valence-electron chi connectivity index (χ0n) is 10.3. The lowest BCUT2D eigenvalue weighted by atomic mass is 10.1. The van der Waals surface area contributed by atoms with Crippen molar-refractivity contribution in [2.45, 2.75) is 19.4 Å². The number of anilines is 1. The first-order valence-corrected chi connectivity index (χ1v) is 5.64. The average molecular weight is 265 g/mol. The van der Waals surface area contributed by atoms with E-state index in [0.717, 1.165) is 0 Å².